The first-order valence-corrected chi connectivity index (χ1v) is 7.76. The molecule has 1 unspecified atom stereocenters. The van der Waals surface area contributed by atoms with Crippen molar-refractivity contribution in [2.75, 3.05) is 12.4 Å². The number of halogens is 1. The zero-order valence-electron chi connectivity index (χ0n) is 11.8. The van der Waals surface area contributed by atoms with Crippen molar-refractivity contribution in [1.29, 1.82) is 0 Å². The zero-order valence-corrected chi connectivity index (χ0v) is 13.3. The summed E-state index contributed by atoms with van der Waals surface area (Å²) in [6.07, 6.45) is 2.36. The lowest BCUT2D eigenvalue weighted by atomic mass is 10.1. The van der Waals surface area contributed by atoms with Gasteiger partial charge in [-0.05, 0) is 24.1 Å². The van der Waals surface area contributed by atoms with E-state index in [0.29, 0.717) is 16.8 Å². The Morgan fingerprint density at radius 2 is 2.05 bits per heavy atom. The van der Waals surface area contributed by atoms with Crippen LogP contribution >= 0.6 is 15.9 Å². The Morgan fingerprint density at radius 1 is 1.29 bits per heavy atom. The largest absolute Gasteiger partial charge is 0.480 e. The first-order chi connectivity index (χ1) is 10.2. The second-order valence-corrected chi connectivity index (χ2v) is 5.22. The number of pyridine rings is 1. The normalized spacial score (nSPS) is 11.7. The summed E-state index contributed by atoms with van der Waals surface area (Å²) in [6, 6.07) is 13.5. The monoisotopic (exact) mass is 348 g/mol. The third kappa shape index (κ3) is 4.29. The van der Waals surface area contributed by atoms with Crippen LogP contribution in [0.25, 0.3) is 0 Å². The number of hydrogen-bond acceptors (Lipinski definition) is 3. The summed E-state index contributed by atoms with van der Waals surface area (Å²) in [5, 5.41) is 3.68. The lowest BCUT2D eigenvalue weighted by Gasteiger charge is -2.17. The molecule has 1 heterocycles. The third-order valence-corrected chi connectivity index (χ3v) is 3.84. The van der Waals surface area contributed by atoms with E-state index in [9.17, 15) is 4.79 Å². The van der Waals surface area contributed by atoms with Gasteiger partial charge >= 0.3 is 0 Å². The molecule has 1 atom stereocenters. The number of amides is 1. The Kier molecular flexibility index (Phi) is 5.75. The van der Waals surface area contributed by atoms with Crippen LogP contribution in [0.2, 0.25) is 0 Å². The fourth-order valence-electron chi connectivity index (χ4n) is 2.03. The van der Waals surface area contributed by atoms with Crippen LogP contribution in [0.1, 0.15) is 15.9 Å². The molecule has 0 radical (unpaired) electrons. The molecule has 110 valence electrons. The van der Waals surface area contributed by atoms with Crippen molar-refractivity contribution in [3.63, 3.8) is 0 Å². The topological polar surface area (TPSA) is 51.2 Å². The maximum atomic E-state index is 12.3. The molecule has 0 saturated carbocycles. The minimum Gasteiger partial charge on any atom is -0.480 e. The minimum atomic E-state index is -0.180. The number of benzene rings is 1. The van der Waals surface area contributed by atoms with Crippen LogP contribution in [0.3, 0.4) is 0 Å². The number of methoxy groups -OCH3 is 1. The molecular weight excluding hydrogens is 332 g/mol. The smallest absolute Gasteiger partial charge is 0.257 e. The van der Waals surface area contributed by atoms with Crippen LogP contribution in [0.5, 0.6) is 5.88 Å². The fourth-order valence-corrected chi connectivity index (χ4v) is 2.42. The average molecular weight is 349 g/mol. The lowest BCUT2D eigenvalue weighted by Crippen LogP contribution is -2.37. The second kappa shape index (κ2) is 7.78. The molecule has 0 fully saturated rings. The van der Waals surface area contributed by atoms with Gasteiger partial charge in [0, 0.05) is 17.6 Å². The van der Waals surface area contributed by atoms with Crippen LogP contribution in [-0.2, 0) is 6.42 Å². The number of nitrogens with one attached hydrogen (secondary N) is 1. The van der Waals surface area contributed by atoms with E-state index in [-0.39, 0.29) is 11.9 Å². The fraction of sp³-hybridized carbons (Fsp3) is 0.250. The molecule has 1 aromatic carbocycles. The molecule has 0 aliphatic heterocycles. The quantitative estimate of drug-likeness (QED) is 0.816. The number of carbonyl (C=O) groups is 1. The van der Waals surface area contributed by atoms with E-state index in [0.717, 1.165) is 6.42 Å². The number of nitrogens with zero attached hydrogens (tertiary/aromatic N) is 1. The van der Waals surface area contributed by atoms with Gasteiger partial charge < -0.3 is 10.1 Å². The SMILES string of the molecule is COc1ncccc1C(=O)NC(CBr)Cc1ccccc1. The summed E-state index contributed by atoms with van der Waals surface area (Å²) < 4.78 is 5.12. The van der Waals surface area contributed by atoms with E-state index in [1.807, 2.05) is 30.3 Å². The molecule has 0 aliphatic carbocycles. The summed E-state index contributed by atoms with van der Waals surface area (Å²) in [5.41, 5.74) is 1.62. The molecule has 0 spiro atoms. The Labute approximate surface area is 132 Å². The van der Waals surface area contributed by atoms with Crippen molar-refractivity contribution >= 4 is 21.8 Å². The number of hydrogen-bond donors (Lipinski definition) is 1. The zero-order chi connectivity index (χ0) is 15.1. The Hall–Kier alpha value is -1.88. The van der Waals surface area contributed by atoms with Crippen molar-refractivity contribution in [3.8, 4) is 5.88 Å². The van der Waals surface area contributed by atoms with Crippen molar-refractivity contribution in [2.24, 2.45) is 0 Å². The van der Waals surface area contributed by atoms with Gasteiger partial charge in [0.15, 0.2) is 0 Å². The minimum absolute atomic E-state index is 0.00446. The molecule has 2 aromatic rings. The summed E-state index contributed by atoms with van der Waals surface area (Å²) in [5.74, 6) is 0.156. The van der Waals surface area contributed by atoms with Crippen LogP contribution in [-0.4, -0.2) is 29.4 Å². The van der Waals surface area contributed by atoms with E-state index in [4.69, 9.17) is 4.74 Å². The standard InChI is InChI=1S/C16H17BrN2O2/c1-21-16-14(8-5-9-18-16)15(20)19-13(11-17)10-12-6-3-2-4-7-12/h2-9,13H,10-11H2,1H3,(H,19,20). The van der Waals surface area contributed by atoms with Gasteiger partial charge in [-0.25, -0.2) is 4.98 Å². The van der Waals surface area contributed by atoms with E-state index in [1.165, 1.54) is 12.7 Å². The van der Waals surface area contributed by atoms with E-state index >= 15 is 0 Å². The van der Waals surface area contributed by atoms with Gasteiger partial charge in [-0.1, -0.05) is 46.3 Å². The van der Waals surface area contributed by atoms with Crippen LogP contribution < -0.4 is 10.1 Å². The summed E-state index contributed by atoms with van der Waals surface area (Å²) in [4.78, 5) is 16.4. The highest BCUT2D eigenvalue weighted by Crippen LogP contribution is 2.14. The highest BCUT2D eigenvalue weighted by Gasteiger charge is 2.17. The van der Waals surface area contributed by atoms with Gasteiger partial charge in [-0.15, -0.1) is 0 Å². The maximum Gasteiger partial charge on any atom is 0.257 e. The lowest BCUT2D eigenvalue weighted by molar-refractivity contribution is 0.0937. The van der Waals surface area contributed by atoms with Gasteiger partial charge in [0.1, 0.15) is 5.56 Å². The molecule has 1 aromatic heterocycles. The van der Waals surface area contributed by atoms with E-state index < -0.39 is 0 Å². The molecule has 0 aliphatic rings. The molecule has 2 rings (SSSR count). The number of ether oxygens (including phenoxy) is 1. The van der Waals surface area contributed by atoms with E-state index in [1.54, 1.807) is 18.3 Å². The van der Waals surface area contributed by atoms with Crippen molar-refractivity contribution < 1.29 is 9.53 Å². The van der Waals surface area contributed by atoms with Crippen LogP contribution in [0.4, 0.5) is 0 Å². The highest BCUT2D eigenvalue weighted by molar-refractivity contribution is 9.09. The van der Waals surface area contributed by atoms with E-state index in [2.05, 4.69) is 26.2 Å². The molecule has 5 heteroatoms. The highest BCUT2D eigenvalue weighted by atomic mass is 79.9. The van der Waals surface area contributed by atoms with Crippen molar-refractivity contribution in [3.05, 3.63) is 59.8 Å². The van der Waals surface area contributed by atoms with Crippen LogP contribution in [0, 0.1) is 0 Å². The van der Waals surface area contributed by atoms with Crippen molar-refractivity contribution in [1.82, 2.24) is 10.3 Å². The van der Waals surface area contributed by atoms with Crippen LogP contribution in [0.15, 0.2) is 48.7 Å². The average Bonchev–Trinajstić information content (AvgIpc) is 2.55. The third-order valence-electron chi connectivity index (χ3n) is 3.06. The molecular formula is C16H17BrN2O2. The summed E-state index contributed by atoms with van der Waals surface area (Å²) >= 11 is 3.45. The maximum absolute atomic E-state index is 12.3. The summed E-state index contributed by atoms with van der Waals surface area (Å²) in [7, 11) is 1.51. The second-order valence-electron chi connectivity index (χ2n) is 4.57. The Morgan fingerprint density at radius 3 is 2.71 bits per heavy atom. The molecule has 1 amide bonds. The molecule has 0 saturated heterocycles. The van der Waals surface area contributed by atoms with Gasteiger partial charge in [-0.3, -0.25) is 4.79 Å². The Balaban J connectivity index is 2.06. The Bertz CT molecular complexity index is 590. The van der Waals surface area contributed by atoms with Gasteiger partial charge in [-0.2, -0.15) is 0 Å². The number of alkyl halides is 1. The number of carbonyl (C=O) groups excluding carboxylic acids is 1. The number of rotatable bonds is 6. The summed E-state index contributed by atoms with van der Waals surface area (Å²) in [6.45, 7) is 0. The molecule has 4 nitrogen and oxygen atoms in total. The number of aromatic nitrogens is 1. The van der Waals surface area contributed by atoms with Gasteiger partial charge in [0.25, 0.3) is 5.91 Å². The first-order valence-electron chi connectivity index (χ1n) is 6.64. The predicted octanol–water partition coefficient (Wildman–Crippen LogP) is 2.83. The van der Waals surface area contributed by atoms with Crippen molar-refractivity contribution in [2.45, 2.75) is 12.5 Å². The molecule has 21 heavy (non-hydrogen) atoms. The van der Waals surface area contributed by atoms with Gasteiger partial charge in [0.05, 0.1) is 7.11 Å². The van der Waals surface area contributed by atoms with Gasteiger partial charge in [0.2, 0.25) is 5.88 Å². The predicted molar refractivity (Wildman–Crippen MR) is 86.0 cm³/mol. The first kappa shape index (κ1) is 15.5. The molecule has 1 N–H and O–H groups in total. The molecule has 0 bridgehead atoms.